The highest BCUT2D eigenvalue weighted by atomic mass is 79.9. The lowest BCUT2D eigenvalue weighted by Crippen LogP contribution is -2.14. The van der Waals surface area contributed by atoms with Gasteiger partial charge in [-0.3, -0.25) is 10.1 Å². The second-order valence-corrected chi connectivity index (χ2v) is 8.93. The van der Waals surface area contributed by atoms with Gasteiger partial charge < -0.3 is 4.74 Å². The molecule has 0 radical (unpaired) electrons. The number of thiazole rings is 1. The number of carbonyl (C=O) groups excluding carboxylic acids is 1. The quantitative estimate of drug-likeness (QED) is 0.307. The zero-order chi connectivity index (χ0) is 21.8. The van der Waals surface area contributed by atoms with Crippen molar-refractivity contribution < 1.29 is 9.53 Å². The van der Waals surface area contributed by atoms with Crippen LogP contribution in [-0.2, 0) is 11.2 Å². The standard InChI is InChI=1S/C23H23BrN4O2S/c1-3-16-8-11-20(18(24)13-16)30-12-4-5-21(29)25-22-26-23-28(27-22)19(14-31-23)17-9-6-15(2)7-10-17/h6-11,13-14H,3-5,12H2,1-2H3,(H,25,27,29). The summed E-state index contributed by atoms with van der Waals surface area (Å²) < 4.78 is 8.49. The maximum Gasteiger partial charge on any atom is 0.250 e. The first kappa shape index (κ1) is 21.5. The first-order valence-corrected chi connectivity index (χ1v) is 11.8. The number of halogens is 1. The fourth-order valence-corrected chi connectivity index (χ4v) is 4.51. The first-order valence-electron chi connectivity index (χ1n) is 10.2. The number of anilines is 1. The predicted molar refractivity (Wildman–Crippen MR) is 128 cm³/mol. The van der Waals surface area contributed by atoms with Gasteiger partial charge in [0.15, 0.2) is 0 Å². The molecule has 4 rings (SSSR count). The minimum atomic E-state index is -0.126. The number of rotatable bonds is 8. The number of nitrogens with zero attached hydrogens (tertiary/aromatic N) is 3. The number of amides is 1. The molecule has 0 saturated heterocycles. The Morgan fingerprint density at radius 2 is 2.03 bits per heavy atom. The average molecular weight is 499 g/mol. The van der Waals surface area contributed by atoms with Crippen molar-refractivity contribution in [2.24, 2.45) is 0 Å². The lowest BCUT2D eigenvalue weighted by Gasteiger charge is -2.09. The molecular weight excluding hydrogens is 476 g/mol. The van der Waals surface area contributed by atoms with E-state index in [1.807, 2.05) is 17.5 Å². The summed E-state index contributed by atoms with van der Waals surface area (Å²) in [6, 6.07) is 14.3. The van der Waals surface area contributed by atoms with E-state index < -0.39 is 0 Å². The lowest BCUT2D eigenvalue weighted by atomic mass is 10.1. The van der Waals surface area contributed by atoms with E-state index in [2.05, 4.69) is 75.5 Å². The van der Waals surface area contributed by atoms with Gasteiger partial charge in [-0.25, -0.2) is 4.52 Å². The Kier molecular flexibility index (Phi) is 6.67. The second kappa shape index (κ2) is 9.62. The molecule has 0 bridgehead atoms. The molecule has 0 aliphatic heterocycles. The molecule has 2 heterocycles. The highest BCUT2D eigenvalue weighted by Gasteiger charge is 2.13. The van der Waals surface area contributed by atoms with Crippen LogP contribution in [0.3, 0.4) is 0 Å². The molecule has 1 N–H and O–H groups in total. The molecule has 4 aromatic rings. The van der Waals surface area contributed by atoms with Gasteiger partial charge in [0.25, 0.3) is 0 Å². The van der Waals surface area contributed by atoms with E-state index in [0.29, 0.717) is 25.4 Å². The van der Waals surface area contributed by atoms with E-state index in [9.17, 15) is 4.79 Å². The van der Waals surface area contributed by atoms with Crippen LogP contribution in [0.15, 0.2) is 52.3 Å². The molecule has 2 aromatic carbocycles. The molecule has 2 aromatic heterocycles. The summed E-state index contributed by atoms with van der Waals surface area (Å²) in [5, 5.41) is 9.27. The van der Waals surface area contributed by atoms with Crippen molar-refractivity contribution in [3.8, 4) is 17.0 Å². The van der Waals surface area contributed by atoms with Gasteiger partial charge in [-0.1, -0.05) is 42.8 Å². The highest BCUT2D eigenvalue weighted by molar-refractivity contribution is 9.10. The summed E-state index contributed by atoms with van der Waals surface area (Å²) in [5.41, 5.74) is 4.48. The van der Waals surface area contributed by atoms with E-state index in [4.69, 9.17) is 4.74 Å². The third-order valence-electron chi connectivity index (χ3n) is 4.89. The predicted octanol–water partition coefficient (Wildman–Crippen LogP) is 5.89. The summed E-state index contributed by atoms with van der Waals surface area (Å²) in [6.45, 7) is 4.63. The molecule has 31 heavy (non-hydrogen) atoms. The summed E-state index contributed by atoms with van der Waals surface area (Å²) in [5.74, 6) is 0.986. The third-order valence-corrected chi connectivity index (χ3v) is 6.33. The summed E-state index contributed by atoms with van der Waals surface area (Å²) in [4.78, 5) is 17.5. The van der Waals surface area contributed by atoms with Crippen LogP contribution in [0.1, 0.15) is 30.9 Å². The number of nitrogens with one attached hydrogen (secondary N) is 1. The van der Waals surface area contributed by atoms with Crippen LogP contribution < -0.4 is 10.1 Å². The van der Waals surface area contributed by atoms with E-state index in [1.165, 1.54) is 22.5 Å². The molecule has 6 nitrogen and oxygen atoms in total. The first-order chi connectivity index (χ1) is 15.0. The van der Waals surface area contributed by atoms with Crippen LogP contribution in [0.4, 0.5) is 5.95 Å². The fourth-order valence-electron chi connectivity index (χ4n) is 3.14. The Bertz CT molecular complexity index is 1200. The minimum Gasteiger partial charge on any atom is -0.492 e. The Hall–Kier alpha value is -2.71. The monoisotopic (exact) mass is 498 g/mol. The van der Waals surface area contributed by atoms with Crippen LogP contribution in [0.5, 0.6) is 5.75 Å². The number of aromatic nitrogens is 3. The van der Waals surface area contributed by atoms with Crippen molar-refractivity contribution in [3.63, 3.8) is 0 Å². The van der Waals surface area contributed by atoms with E-state index in [-0.39, 0.29) is 5.91 Å². The van der Waals surface area contributed by atoms with Crippen LogP contribution in [0, 0.1) is 6.92 Å². The smallest absolute Gasteiger partial charge is 0.250 e. The van der Waals surface area contributed by atoms with Crippen molar-refractivity contribution in [1.82, 2.24) is 14.6 Å². The molecule has 1 amide bonds. The number of hydrogen-bond acceptors (Lipinski definition) is 5. The van der Waals surface area contributed by atoms with Crippen molar-refractivity contribution in [3.05, 3.63) is 63.4 Å². The largest absolute Gasteiger partial charge is 0.492 e. The average Bonchev–Trinajstić information content (AvgIpc) is 3.33. The van der Waals surface area contributed by atoms with Gasteiger partial charge >= 0.3 is 0 Å². The molecule has 0 aliphatic rings. The molecule has 160 valence electrons. The van der Waals surface area contributed by atoms with E-state index in [1.54, 1.807) is 4.52 Å². The molecule has 0 aliphatic carbocycles. The Morgan fingerprint density at radius 3 is 2.77 bits per heavy atom. The molecule has 0 fully saturated rings. The van der Waals surface area contributed by atoms with Gasteiger partial charge in [0, 0.05) is 17.4 Å². The van der Waals surface area contributed by atoms with Crippen LogP contribution in [-0.4, -0.2) is 27.1 Å². The van der Waals surface area contributed by atoms with Gasteiger partial charge in [0.2, 0.25) is 16.8 Å². The van der Waals surface area contributed by atoms with Crippen molar-refractivity contribution in [1.29, 1.82) is 0 Å². The topological polar surface area (TPSA) is 68.5 Å². The maximum atomic E-state index is 12.3. The second-order valence-electron chi connectivity index (χ2n) is 7.24. The summed E-state index contributed by atoms with van der Waals surface area (Å²) >= 11 is 5.03. The van der Waals surface area contributed by atoms with Gasteiger partial charge in [0.05, 0.1) is 16.8 Å². The normalized spacial score (nSPS) is 11.1. The van der Waals surface area contributed by atoms with E-state index >= 15 is 0 Å². The number of fused-ring (bicyclic) bond motifs is 1. The highest BCUT2D eigenvalue weighted by Crippen LogP contribution is 2.27. The van der Waals surface area contributed by atoms with Crippen LogP contribution in [0.2, 0.25) is 0 Å². The number of ether oxygens (including phenoxy) is 1. The van der Waals surface area contributed by atoms with Gasteiger partial charge in [-0.05, 0) is 53.4 Å². The Labute approximate surface area is 193 Å². The molecule has 0 spiro atoms. The zero-order valence-corrected chi connectivity index (χ0v) is 19.8. The number of benzene rings is 2. The van der Waals surface area contributed by atoms with Crippen molar-refractivity contribution in [2.45, 2.75) is 33.1 Å². The van der Waals surface area contributed by atoms with Gasteiger partial charge in [0.1, 0.15) is 5.75 Å². The SMILES string of the molecule is CCc1ccc(OCCCC(=O)Nc2nc3scc(-c4ccc(C)cc4)n3n2)c(Br)c1. The molecular formula is C23H23BrN4O2S. The Morgan fingerprint density at radius 1 is 1.23 bits per heavy atom. The molecule has 0 unspecified atom stereocenters. The van der Waals surface area contributed by atoms with Crippen LogP contribution in [0.25, 0.3) is 16.2 Å². The third kappa shape index (κ3) is 5.14. The summed E-state index contributed by atoms with van der Waals surface area (Å²) in [6.07, 6.45) is 1.92. The summed E-state index contributed by atoms with van der Waals surface area (Å²) in [7, 11) is 0. The number of aryl methyl sites for hydroxylation is 2. The number of carbonyl (C=O) groups is 1. The lowest BCUT2D eigenvalue weighted by molar-refractivity contribution is -0.116. The molecule has 8 heteroatoms. The number of hydrogen-bond donors (Lipinski definition) is 1. The molecule has 0 saturated carbocycles. The van der Waals surface area contributed by atoms with Crippen molar-refractivity contribution >= 4 is 44.1 Å². The molecule has 0 atom stereocenters. The van der Waals surface area contributed by atoms with Crippen molar-refractivity contribution in [2.75, 3.05) is 11.9 Å². The minimum absolute atomic E-state index is 0.126. The van der Waals surface area contributed by atoms with Crippen LogP contribution >= 0.6 is 27.3 Å². The zero-order valence-electron chi connectivity index (χ0n) is 17.4. The van der Waals surface area contributed by atoms with E-state index in [0.717, 1.165) is 32.9 Å². The van der Waals surface area contributed by atoms with Gasteiger partial charge in [-0.2, -0.15) is 4.98 Å². The van der Waals surface area contributed by atoms with Gasteiger partial charge in [-0.15, -0.1) is 16.4 Å². The fraction of sp³-hybridized carbons (Fsp3) is 0.261. The Balaban J connectivity index is 1.31. The maximum absolute atomic E-state index is 12.3.